The molecule has 1 unspecified atom stereocenters. The van der Waals surface area contributed by atoms with Crippen LogP contribution in [0.3, 0.4) is 0 Å². The van der Waals surface area contributed by atoms with Crippen LogP contribution in [0.15, 0.2) is 49.1 Å². The van der Waals surface area contributed by atoms with E-state index in [1.165, 1.54) is 17.2 Å². The number of carbonyl (C=O) groups excluding carboxylic acids is 3. The Kier molecular flexibility index (Phi) is 6.66. The van der Waals surface area contributed by atoms with Gasteiger partial charge in [0.25, 0.3) is 5.91 Å². The van der Waals surface area contributed by atoms with Crippen molar-refractivity contribution in [3.8, 4) is 0 Å². The van der Waals surface area contributed by atoms with E-state index >= 15 is 0 Å². The van der Waals surface area contributed by atoms with Gasteiger partial charge in [-0.2, -0.15) is 0 Å². The fraction of sp³-hybridized carbons (Fsp3) is 0.455. The van der Waals surface area contributed by atoms with Crippen molar-refractivity contribution in [3.63, 3.8) is 0 Å². The highest BCUT2D eigenvalue weighted by atomic mass is 16.2. The van der Waals surface area contributed by atoms with Crippen molar-refractivity contribution >= 4 is 23.4 Å². The van der Waals surface area contributed by atoms with Crippen molar-refractivity contribution < 1.29 is 14.4 Å². The maximum absolute atomic E-state index is 13.4. The first-order chi connectivity index (χ1) is 14.3. The molecule has 3 amide bonds. The molecule has 0 radical (unpaired) electrons. The second-order valence-corrected chi connectivity index (χ2v) is 8.50. The van der Waals surface area contributed by atoms with E-state index in [-0.39, 0.29) is 11.3 Å². The maximum Gasteiger partial charge on any atom is 0.250 e. The zero-order valence-corrected chi connectivity index (χ0v) is 17.7. The van der Waals surface area contributed by atoms with E-state index < -0.39 is 24.3 Å². The summed E-state index contributed by atoms with van der Waals surface area (Å²) in [5.74, 6) is -1.40. The molecule has 0 aliphatic carbocycles. The third-order valence-electron chi connectivity index (χ3n) is 5.39. The molecule has 1 aliphatic rings. The van der Waals surface area contributed by atoms with Gasteiger partial charge in [0.1, 0.15) is 12.7 Å². The first-order valence-corrected chi connectivity index (χ1v) is 10.2. The summed E-state index contributed by atoms with van der Waals surface area (Å²) < 4.78 is 1.36. The second kappa shape index (κ2) is 9.21. The Morgan fingerprint density at radius 3 is 2.60 bits per heavy atom. The number of hydrogen-bond donors (Lipinski definition) is 1. The number of imidazole rings is 1. The molecule has 3 rings (SSSR count). The lowest BCUT2D eigenvalue weighted by molar-refractivity contribution is -0.131. The first kappa shape index (κ1) is 21.7. The van der Waals surface area contributed by atoms with Gasteiger partial charge in [-0.05, 0) is 43.9 Å². The smallest absolute Gasteiger partial charge is 0.250 e. The lowest BCUT2D eigenvalue weighted by atomic mass is 9.83. The standard InChI is InChI=1S/C22H29N5O3/c1-17(25-12-7-10-22(2,3)15-25)21(30)27(18-8-5-4-6-9-18)20(29)14-19(28)24-26-13-11-23-16-26/h4-6,8-9,11,13,16-17H,7,10,12,14-15H2,1-3H3,(H,24,28). The Labute approximate surface area is 176 Å². The predicted octanol–water partition coefficient (Wildman–Crippen LogP) is 2.41. The highest BCUT2D eigenvalue weighted by Crippen LogP contribution is 2.30. The monoisotopic (exact) mass is 411 g/mol. The van der Waals surface area contributed by atoms with Gasteiger partial charge < -0.3 is 0 Å². The topological polar surface area (TPSA) is 87.5 Å². The first-order valence-electron chi connectivity index (χ1n) is 10.2. The fourth-order valence-electron chi connectivity index (χ4n) is 3.84. The number of hydrogen-bond acceptors (Lipinski definition) is 5. The lowest BCUT2D eigenvalue weighted by Gasteiger charge is -2.41. The Balaban J connectivity index is 1.77. The summed E-state index contributed by atoms with van der Waals surface area (Å²) in [6.45, 7) is 7.82. The van der Waals surface area contributed by atoms with Crippen LogP contribution in [-0.2, 0) is 14.4 Å². The van der Waals surface area contributed by atoms with Gasteiger partial charge in [0.15, 0.2) is 0 Å². The molecular weight excluding hydrogens is 382 g/mol. The van der Waals surface area contributed by atoms with Crippen LogP contribution in [0.4, 0.5) is 5.69 Å². The molecule has 0 spiro atoms. The van der Waals surface area contributed by atoms with E-state index in [9.17, 15) is 14.4 Å². The van der Waals surface area contributed by atoms with E-state index in [0.29, 0.717) is 5.69 Å². The van der Waals surface area contributed by atoms with Crippen LogP contribution in [0.2, 0.25) is 0 Å². The summed E-state index contributed by atoms with van der Waals surface area (Å²) in [4.78, 5) is 45.9. The molecule has 8 heteroatoms. The number of benzene rings is 1. The normalized spacial score (nSPS) is 17.2. The molecule has 1 aromatic carbocycles. The minimum Gasteiger partial charge on any atom is -0.292 e. The number of imide groups is 1. The molecule has 1 aliphatic heterocycles. The van der Waals surface area contributed by atoms with Crippen LogP contribution >= 0.6 is 0 Å². The highest BCUT2D eigenvalue weighted by molar-refractivity contribution is 6.20. The molecular formula is C22H29N5O3. The van der Waals surface area contributed by atoms with Gasteiger partial charge in [0.05, 0.1) is 11.7 Å². The van der Waals surface area contributed by atoms with Crippen LogP contribution in [0.25, 0.3) is 0 Å². The van der Waals surface area contributed by atoms with Gasteiger partial charge in [-0.3, -0.25) is 24.7 Å². The molecule has 30 heavy (non-hydrogen) atoms. The molecule has 0 bridgehead atoms. The van der Waals surface area contributed by atoms with Gasteiger partial charge in [-0.25, -0.2) is 14.6 Å². The third kappa shape index (κ3) is 5.33. The Morgan fingerprint density at radius 2 is 1.97 bits per heavy atom. The number of piperidine rings is 1. The maximum atomic E-state index is 13.4. The summed E-state index contributed by atoms with van der Waals surface area (Å²) >= 11 is 0. The number of nitrogens with zero attached hydrogens (tertiary/aromatic N) is 4. The molecule has 160 valence electrons. The van der Waals surface area contributed by atoms with Crippen molar-refractivity contribution in [1.29, 1.82) is 0 Å². The Hall–Kier alpha value is -3.00. The van der Waals surface area contributed by atoms with Crippen LogP contribution in [0.1, 0.15) is 40.0 Å². The minimum atomic E-state index is -0.563. The molecule has 1 atom stereocenters. The summed E-state index contributed by atoms with van der Waals surface area (Å²) in [5.41, 5.74) is 3.14. The number of amides is 3. The van der Waals surface area contributed by atoms with E-state index in [0.717, 1.165) is 30.8 Å². The van der Waals surface area contributed by atoms with E-state index in [1.54, 1.807) is 30.5 Å². The molecule has 1 aromatic heterocycles. The van der Waals surface area contributed by atoms with Gasteiger partial charge >= 0.3 is 0 Å². The SMILES string of the molecule is CC(C(=O)N(C(=O)CC(=O)Nn1ccnc1)c1ccccc1)N1CCCC(C)(C)C1. The van der Waals surface area contributed by atoms with Crippen LogP contribution < -0.4 is 10.3 Å². The number of rotatable bonds is 6. The van der Waals surface area contributed by atoms with Gasteiger partial charge in [-0.15, -0.1) is 0 Å². The molecule has 1 saturated heterocycles. The third-order valence-corrected chi connectivity index (χ3v) is 5.39. The molecule has 0 saturated carbocycles. The van der Waals surface area contributed by atoms with Crippen molar-refractivity contribution in [2.24, 2.45) is 5.41 Å². The summed E-state index contributed by atoms with van der Waals surface area (Å²) in [6.07, 6.45) is 6.17. The summed E-state index contributed by atoms with van der Waals surface area (Å²) in [6, 6.07) is 8.29. The quantitative estimate of drug-likeness (QED) is 0.738. The summed E-state index contributed by atoms with van der Waals surface area (Å²) in [5, 5.41) is 0. The van der Waals surface area contributed by atoms with E-state index in [4.69, 9.17) is 0 Å². The average molecular weight is 412 g/mol. The molecule has 1 fully saturated rings. The van der Waals surface area contributed by atoms with E-state index in [2.05, 4.69) is 29.2 Å². The van der Waals surface area contributed by atoms with Gasteiger partial charge in [0, 0.05) is 18.9 Å². The lowest BCUT2D eigenvalue weighted by Crippen LogP contribution is -2.53. The van der Waals surface area contributed by atoms with Crippen LogP contribution in [0, 0.1) is 5.41 Å². The number of aromatic nitrogens is 2. The Bertz CT molecular complexity index is 879. The highest BCUT2D eigenvalue weighted by Gasteiger charge is 2.36. The fourth-order valence-corrected chi connectivity index (χ4v) is 3.84. The molecule has 2 heterocycles. The average Bonchev–Trinajstić information content (AvgIpc) is 3.20. The zero-order valence-electron chi connectivity index (χ0n) is 17.7. The van der Waals surface area contributed by atoms with E-state index in [1.807, 2.05) is 13.0 Å². The Morgan fingerprint density at radius 1 is 1.23 bits per heavy atom. The predicted molar refractivity (Wildman–Crippen MR) is 114 cm³/mol. The van der Waals surface area contributed by atoms with Crippen molar-refractivity contribution in [2.45, 2.75) is 46.1 Å². The number of para-hydroxylation sites is 1. The molecule has 1 N–H and O–H groups in total. The van der Waals surface area contributed by atoms with Crippen molar-refractivity contribution in [2.75, 3.05) is 23.4 Å². The van der Waals surface area contributed by atoms with Crippen molar-refractivity contribution in [3.05, 3.63) is 49.1 Å². The van der Waals surface area contributed by atoms with Crippen LogP contribution in [0.5, 0.6) is 0 Å². The van der Waals surface area contributed by atoms with Gasteiger partial charge in [0.2, 0.25) is 11.8 Å². The number of nitrogens with one attached hydrogen (secondary N) is 1. The number of anilines is 1. The van der Waals surface area contributed by atoms with Gasteiger partial charge in [-0.1, -0.05) is 32.0 Å². The van der Waals surface area contributed by atoms with Crippen LogP contribution in [-0.4, -0.2) is 51.4 Å². The van der Waals surface area contributed by atoms with Crippen molar-refractivity contribution in [1.82, 2.24) is 14.6 Å². The largest absolute Gasteiger partial charge is 0.292 e. The summed E-state index contributed by atoms with van der Waals surface area (Å²) in [7, 11) is 0. The molecule has 2 aromatic rings. The number of likely N-dealkylation sites (tertiary alicyclic amines) is 1. The second-order valence-electron chi connectivity index (χ2n) is 8.50. The minimum absolute atomic E-state index is 0.124. The molecule has 8 nitrogen and oxygen atoms in total. The zero-order chi connectivity index (χ0) is 21.7. The number of carbonyl (C=O) groups is 3.